The van der Waals surface area contributed by atoms with E-state index in [4.69, 9.17) is 4.42 Å². The molecule has 1 aromatic heterocycles. The average Bonchev–Trinajstić information content (AvgIpc) is 2.83. The van der Waals surface area contributed by atoms with E-state index in [-0.39, 0.29) is 18.3 Å². The van der Waals surface area contributed by atoms with Crippen molar-refractivity contribution >= 4 is 16.9 Å². The zero-order valence-corrected chi connectivity index (χ0v) is 11.5. The van der Waals surface area contributed by atoms with Gasteiger partial charge in [0, 0.05) is 17.5 Å². The monoisotopic (exact) mass is 283 g/mol. The lowest BCUT2D eigenvalue weighted by Gasteiger charge is -2.04. The van der Waals surface area contributed by atoms with E-state index in [2.05, 4.69) is 5.32 Å². The number of hydrogen-bond donors (Lipinski definition) is 1. The van der Waals surface area contributed by atoms with E-state index in [1.807, 2.05) is 31.2 Å². The number of fused-ring (bicyclic) bond motifs is 1. The van der Waals surface area contributed by atoms with Gasteiger partial charge in [-0.1, -0.05) is 30.3 Å². The highest BCUT2D eigenvalue weighted by molar-refractivity contribution is 5.98. The molecule has 1 heterocycles. The van der Waals surface area contributed by atoms with Crippen LogP contribution >= 0.6 is 0 Å². The van der Waals surface area contributed by atoms with Gasteiger partial charge in [0.2, 0.25) is 0 Å². The summed E-state index contributed by atoms with van der Waals surface area (Å²) in [5, 5.41) is 3.67. The topological polar surface area (TPSA) is 42.2 Å². The smallest absolute Gasteiger partial charge is 0.287 e. The van der Waals surface area contributed by atoms with Crippen LogP contribution in [0.3, 0.4) is 0 Å². The van der Waals surface area contributed by atoms with Crippen molar-refractivity contribution in [3.8, 4) is 0 Å². The van der Waals surface area contributed by atoms with Crippen LogP contribution in [0.1, 0.15) is 21.7 Å². The number of amides is 1. The number of aryl methyl sites for hydroxylation is 1. The Labute approximate surface area is 121 Å². The molecule has 3 rings (SSSR count). The fourth-order valence-corrected chi connectivity index (χ4v) is 2.30. The van der Waals surface area contributed by atoms with Gasteiger partial charge in [-0.25, -0.2) is 4.39 Å². The number of benzene rings is 2. The highest BCUT2D eigenvalue weighted by atomic mass is 19.1. The van der Waals surface area contributed by atoms with E-state index in [1.54, 1.807) is 12.1 Å². The van der Waals surface area contributed by atoms with Crippen LogP contribution in [0.25, 0.3) is 11.0 Å². The molecular formula is C17H14FNO2. The summed E-state index contributed by atoms with van der Waals surface area (Å²) >= 11 is 0. The molecule has 0 bridgehead atoms. The van der Waals surface area contributed by atoms with Crippen LogP contribution in [-0.4, -0.2) is 5.91 Å². The van der Waals surface area contributed by atoms with E-state index < -0.39 is 0 Å². The molecule has 0 saturated heterocycles. The van der Waals surface area contributed by atoms with Gasteiger partial charge in [-0.15, -0.1) is 0 Å². The summed E-state index contributed by atoms with van der Waals surface area (Å²) < 4.78 is 18.7. The van der Waals surface area contributed by atoms with Gasteiger partial charge in [0.1, 0.15) is 11.4 Å². The molecule has 1 N–H and O–H groups in total. The number of hydrogen-bond acceptors (Lipinski definition) is 2. The van der Waals surface area contributed by atoms with E-state index in [9.17, 15) is 9.18 Å². The Balaban J connectivity index is 1.79. The van der Waals surface area contributed by atoms with Crippen molar-refractivity contribution in [1.29, 1.82) is 0 Å². The van der Waals surface area contributed by atoms with E-state index in [0.717, 1.165) is 10.9 Å². The van der Waals surface area contributed by atoms with E-state index in [0.29, 0.717) is 16.9 Å². The third-order valence-corrected chi connectivity index (χ3v) is 3.39. The second-order valence-electron chi connectivity index (χ2n) is 4.86. The largest absolute Gasteiger partial charge is 0.451 e. The van der Waals surface area contributed by atoms with Gasteiger partial charge in [-0.2, -0.15) is 0 Å². The SMILES string of the molecule is Cc1c(C(=O)NCc2cccc(F)c2)oc2ccccc12. The molecule has 0 fully saturated rings. The number of carbonyl (C=O) groups excluding carboxylic acids is 1. The minimum absolute atomic E-state index is 0.257. The summed E-state index contributed by atoms with van der Waals surface area (Å²) in [6.45, 7) is 2.11. The van der Waals surface area contributed by atoms with Crippen molar-refractivity contribution < 1.29 is 13.6 Å². The Bertz CT molecular complexity index is 807. The van der Waals surface area contributed by atoms with Crippen molar-refractivity contribution in [3.05, 3.63) is 71.2 Å². The third-order valence-electron chi connectivity index (χ3n) is 3.39. The summed E-state index contributed by atoms with van der Waals surface area (Å²) in [5.41, 5.74) is 2.20. The van der Waals surface area contributed by atoms with Crippen molar-refractivity contribution in [2.75, 3.05) is 0 Å². The first-order valence-electron chi connectivity index (χ1n) is 6.66. The lowest BCUT2D eigenvalue weighted by atomic mass is 10.1. The molecule has 0 radical (unpaired) electrons. The molecule has 0 aliphatic carbocycles. The highest BCUT2D eigenvalue weighted by Gasteiger charge is 2.16. The predicted molar refractivity (Wildman–Crippen MR) is 78.5 cm³/mol. The molecule has 0 spiro atoms. The van der Waals surface area contributed by atoms with Crippen molar-refractivity contribution in [2.24, 2.45) is 0 Å². The molecular weight excluding hydrogens is 269 g/mol. The number of carbonyl (C=O) groups is 1. The highest BCUT2D eigenvalue weighted by Crippen LogP contribution is 2.24. The standard InChI is InChI=1S/C17H14FNO2/c1-11-14-7-2-3-8-15(14)21-16(11)17(20)19-10-12-5-4-6-13(18)9-12/h2-9H,10H2,1H3,(H,19,20). The maximum Gasteiger partial charge on any atom is 0.287 e. The van der Waals surface area contributed by atoms with Crippen LogP contribution < -0.4 is 5.32 Å². The molecule has 0 saturated carbocycles. The molecule has 0 aliphatic heterocycles. The van der Waals surface area contributed by atoms with Gasteiger partial charge in [-0.05, 0) is 30.7 Å². The molecule has 3 aromatic rings. The number of halogens is 1. The molecule has 3 nitrogen and oxygen atoms in total. The number of rotatable bonds is 3. The molecule has 1 amide bonds. The van der Waals surface area contributed by atoms with Crippen LogP contribution in [0.15, 0.2) is 52.9 Å². The van der Waals surface area contributed by atoms with Gasteiger partial charge in [0.25, 0.3) is 5.91 Å². The fourth-order valence-electron chi connectivity index (χ4n) is 2.30. The Morgan fingerprint density at radius 3 is 2.76 bits per heavy atom. The lowest BCUT2D eigenvalue weighted by Crippen LogP contribution is -2.23. The van der Waals surface area contributed by atoms with Gasteiger partial charge in [0.05, 0.1) is 0 Å². The zero-order chi connectivity index (χ0) is 14.8. The van der Waals surface area contributed by atoms with Crippen LogP contribution in [0, 0.1) is 12.7 Å². The second kappa shape index (κ2) is 5.40. The molecule has 0 aliphatic rings. The molecule has 21 heavy (non-hydrogen) atoms. The van der Waals surface area contributed by atoms with Gasteiger partial charge >= 0.3 is 0 Å². The lowest BCUT2D eigenvalue weighted by molar-refractivity contribution is 0.0924. The van der Waals surface area contributed by atoms with Crippen LogP contribution in [0.5, 0.6) is 0 Å². The summed E-state index contributed by atoms with van der Waals surface area (Å²) in [4.78, 5) is 12.2. The van der Waals surface area contributed by atoms with Crippen LogP contribution in [0.4, 0.5) is 4.39 Å². The zero-order valence-electron chi connectivity index (χ0n) is 11.5. The first kappa shape index (κ1) is 13.4. The molecule has 0 unspecified atom stereocenters. The van der Waals surface area contributed by atoms with Gasteiger partial charge < -0.3 is 9.73 Å². The number of para-hydroxylation sites is 1. The summed E-state index contributed by atoms with van der Waals surface area (Å²) in [6, 6.07) is 13.6. The van der Waals surface area contributed by atoms with Crippen LogP contribution in [-0.2, 0) is 6.54 Å². The number of nitrogens with one attached hydrogen (secondary N) is 1. The fraction of sp³-hybridized carbons (Fsp3) is 0.118. The normalized spacial score (nSPS) is 10.8. The Kier molecular flexibility index (Phi) is 3.44. The summed E-state index contributed by atoms with van der Waals surface area (Å²) in [5.74, 6) is -0.317. The minimum atomic E-state index is -0.318. The quantitative estimate of drug-likeness (QED) is 0.794. The number of furan rings is 1. The second-order valence-corrected chi connectivity index (χ2v) is 4.86. The average molecular weight is 283 g/mol. The Hall–Kier alpha value is -2.62. The van der Waals surface area contributed by atoms with Crippen molar-refractivity contribution in [3.63, 3.8) is 0 Å². The minimum Gasteiger partial charge on any atom is -0.451 e. The summed E-state index contributed by atoms with van der Waals surface area (Å²) in [7, 11) is 0. The van der Waals surface area contributed by atoms with E-state index >= 15 is 0 Å². The Morgan fingerprint density at radius 1 is 1.19 bits per heavy atom. The van der Waals surface area contributed by atoms with Gasteiger partial charge in [-0.3, -0.25) is 4.79 Å². The first-order valence-corrected chi connectivity index (χ1v) is 6.66. The maximum absolute atomic E-state index is 13.1. The predicted octanol–water partition coefficient (Wildman–Crippen LogP) is 3.81. The summed E-state index contributed by atoms with van der Waals surface area (Å²) in [6.07, 6.45) is 0. The van der Waals surface area contributed by atoms with Gasteiger partial charge in [0.15, 0.2) is 5.76 Å². The third kappa shape index (κ3) is 2.65. The molecule has 2 aromatic carbocycles. The van der Waals surface area contributed by atoms with Crippen LogP contribution in [0.2, 0.25) is 0 Å². The first-order chi connectivity index (χ1) is 10.1. The molecule has 0 atom stereocenters. The van der Waals surface area contributed by atoms with E-state index in [1.165, 1.54) is 12.1 Å². The molecule has 106 valence electrons. The molecule has 4 heteroatoms. The maximum atomic E-state index is 13.1. The Morgan fingerprint density at radius 2 is 2.00 bits per heavy atom. The van der Waals surface area contributed by atoms with Crippen molar-refractivity contribution in [2.45, 2.75) is 13.5 Å². The van der Waals surface area contributed by atoms with Crippen molar-refractivity contribution in [1.82, 2.24) is 5.32 Å².